The van der Waals surface area contributed by atoms with Crippen LogP contribution in [0, 0.1) is 0 Å². The lowest BCUT2D eigenvalue weighted by atomic mass is 10.0. The summed E-state index contributed by atoms with van der Waals surface area (Å²) in [4.78, 5) is 0. The van der Waals surface area contributed by atoms with Crippen LogP contribution in [0.1, 0.15) is 12.0 Å². The van der Waals surface area contributed by atoms with Crippen LogP contribution in [-0.4, -0.2) is 32.5 Å². The number of aromatic nitrogens is 4. The third-order valence-corrected chi connectivity index (χ3v) is 4.80. The number of nitrogens with one attached hydrogen (secondary N) is 1. The van der Waals surface area contributed by atoms with Gasteiger partial charge in [0.15, 0.2) is 0 Å². The van der Waals surface area contributed by atoms with E-state index in [2.05, 4.69) is 69.4 Å². The molecule has 0 unspecified atom stereocenters. The van der Waals surface area contributed by atoms with Gasteiger partial charge in [-0.25, -0.2) is 4.68 Å². The molecule has 0 aliphatic rings. The van der Waals surface area contributed by atoms with E-state index in [1.165, 1.54) is 16.7 Å². The molecule has 0 aliphatic heterocycles. The van der Waals surface area contributed by atoms with Gasteiger partial charge in [-0.2, -0.15) is 0 Å². The number of tetrazole rings is 1. The zero-order valence-electron chi connectivity index (χ0n) is 14.1. The molecule has 0 fully saturated rings. The molecule has 0 bridgehead atoms. The summed E-state index contributed by atoms with van der Waals surface area (Å²) in [5.74, 6) is 1.01. The van der Waals surface area contributed by atoms with Crippen LogP contribution in [0.4, 0.5) is 0 Å². The maximum Gasteiger partial charge on any atom is 0.209 e. The molecule has 0 aliphatic carbocycles. The second kappa shape index (κ2) is 10.2. The van der Waals surface area contributed by atoms with E-state index in [0.29, 0.717) is 0 Å². The molecule has 3 aromatic rings. The van der Waals surface area contributed by atoms with E-state index in [0.717, 1.165) is 30.4 Å². The molecule has 0 amide bonds. The monoisotopic (exact) mass is 374 g/mol. The Bertz CT molecular complexity index is 746. The Balaban J connectivity index is 0.00000225. The Morgan fingerprint density at radius 1 is 1.00 bits per heavy atom. The minimum atomic E-state index is 0. The molecular formula is C18H21ClN5S-. The van der Waals surface area contributed by atoms with Crippen molar-refractivity contribution >= 4 is 11.8 Å². The maximum atomic E-state index is 3.96. The van der Waals surface area contributed by atoms with Crippen molar-refractivity contribution in [3.8, 4) is 11.1 Å². The van der Waals surface area contributed by atoms with E-state index >= 15 is 0 Å². The van der Waals surface area contributed by atoms with Crippen LogP contribution in [0.25, 0.3) is 11.1 Å². The summed E-state index contributed by atoms with van der Waals surface area (Å²) in [6.45, 7) is 1.88. The molecule has 0 saturated heterocycles. The van der Waals surface area contributed by atoms with E-state index < -0.39 is 0 Å². The molecule has 1 N–H and O–H groups in total. The summed E-state index contributed by atoms with van der Waals surface area (Å²) in [7, 11) is 1.86. The summed E-state index contributed by atoms with van der Waals surface area (Å²) >= 11 is 1.69. The van der Waals surface area contributed by atoms with Gasteiger partial charge in [-0.3, -0.25) is 0 Å². The fourth-order valence-corrected chi connectivity index (χ4v) is 3.17. The normalized spacial score (nSPS) is 10.4. The summed E-state index contributed by atoms with van der Waals surface area (Å²) < 4.78 is 1.70. The Kier molecular flexibility index (Phi) is 7.91. The highest BCUT2D eigenvalue weighted by molar-refractivity contribution is 7.99. The molecule has 0 radical (unpaired) electrons. The Hall–Kier alpha value is -1.89. The predicted molar refractivity (Wildman–Crippen MR) is 97.7 cm³/mol. The fourth-order valence-electron chi connectivity index (χ4n) is 2.38. The van der Waals surface area contributed by atoms with E-state index in [-0.39, 0.29) is 12.4 Å². The van der Waals surface area contributed by atoms with E-state index in [9.17, 15) is 0 Å². The van der Waals surface area contributed by atoms with Gasteiger partial charge in [0.05, 0.1) is 0 Å². The van der Waals surface area contributed by atoms with Gasteiger partial charge in [0.1, 0.15) is 0 Å². The highest BCUT2D eigenvalue weighted by atomic mass is 35.5. The molecule has 1 heterocycles. The van der Waals surface area contributed by atoms with Crippen LogP contribution < -0.4 is 17.7 Å². The molecule has 5 nitrogen and oxygen atoms in total. The number of rotatable bonds is 8. The van der Waals surface area contributed by atoms with Gasteiger partial charge in [-0.1, -0.05) is 66.4 Å². The quantitative estimate of drug-likeness (QED) is 0.449. The number of nitrogens with zero attached hydrogens (tertiary/aromatic N) is 4. The van der Waals surface area contributed by atoms with Crippen molar-refractivity contribution < 1.29 is 12.4 Å². The van der Waals surface area contributed by atoms with Crippen LogP contribution in [-0.2, 0) is 13.6 Å². The molecule has 7 heteroatoms. The molecule has 3 rings (SSSR count). The number of thioether (sulfide) groups is 1. The Morgan fingerprint density at radius 2 is 1.72 bits per heavy atom. The van der Waals surface area contributed by atoms with Crippen LogP contribution >= 0.6 is 11.8 Å². The second-order valence-electron chi connectivity index (χ2n) is 5.53. The topological polar surface area (TPSA) is 55.6 Å². The number of aryl methyl sites for hydroxylation is 1. The van der Waals surface area contributed by atoms with Crippen LogP contribution in [0.5, 0.6) is 0 Å². The van der Waals surface area contributed by atoms with Crippen molar-refractivity contribution in [2.45, 2.75) is 18.1 Å². The van der Waals surface area contributed by atoms with Gasteiger partial charge in [0.25, 0.3) is 0 Å². The molecule has 0 saturated carbocycles. The summed E-state index contributed by atoms with van der Waals surface area (Å²) in [5.41, 5.74) is 3.82. The first-order valence-corrected chi connectivity index (χ1v) is 9.02. The van der Waals surface area contributed by atoms with E-state index in [1.807, 2.05) is 13.1 Å². The minimum absolute atomic E-state index is 0. The van der Waals surface area contributed by atoms with Crippen molar-refractivity contribution in [3.63, 3.8) is 0 Å². The largest absolute Gasteiger partial charge is 1.00 e. The molecule has 132 valence electrons. The lowest BCUT2D eigenvalue weighted by Gasteiger charge is -2.06. The molecule has 0 spiro atoms. The number of halogens is 1. The van der Waals surface area contributed by atoms with Gasteiger partial charge in [-0.05, 0) is 40.1 Å². The highest BCUT2D eigenvalue weighted by Gasteiger charge is 2.02. The predicted octanol–water partition coefficient (Wildman–Crippen LogP) is 0.153. The van der Waals surface area contributed by atoms with Gasteiger partial charge >= 0.3 is 0 Å². The molecule has 2 aromatic carbocycles. The number of benzene rings is 2. The van der Waals surface area contributed by atoms with Gasteiger partial charge in [0, 0.05) is 19.3 Å². The van der Waals surface area contributed by atoms with Gasteiger partial charge in [0.2, 0.25) is 5.16 Å². The van der Waals surface area contributed by atoms with Gasteiger partial charge in [-0.15, -0.1) is 5.10 Å². The maximum absolute atomic E-state index is 3.96. The zero-order valence-corrected chi connectivity index (χ0v) is 15.7. The first-order valence-electron chi connectivity index (χ1n) is 8.03. The SMILES string of the molecule is Cn1nnnc1SCCCNCc1ccc(-c2ccccc2)cc1.[Cl-]. The first-order chi connectivity index (χ1) is 11.8. The van der Waals surface area contributed by atoms with Crippen LogP contribution in [0.15, 0.2) is 59.8 Å². The highest BCUT2D eigenvalue weighted by Crippen LogP contribution is 2.19. The van der Waals surface area contributed by atoms with Crippen molar-refractivity contribution in [1.82, 2.24) is 25.5 Å². The Labute approximate surface area is 158 Å². The molecule has 1 aromatic heterocycles. The van der Waals surface area contributed by atoms with Crippen molar-refractivity contribution in [2.24, 2.45) is 7.05 Å². The van der Waals surface area contributed by atoms with Gasteiger partial charge < -0.3 is 17.7 Å². The van der Waals surface area contributed by atoms with E-state index in [4.69, 9.17) is 0 Å². The lowest BCUT2D eigenvalue weighted by Crippen LogP contribution is -3.00. The minimum Gasteiger partial charge on any atom is -1.00 e. The fraction of sp³-hybridized carbons (Fsp3) is 0.278. The standard InChI is InChI=1S/C18H21N5S.ClH/c1-23-18(20-21-22-23)24-13-5-12-19-14-15-8-10-17(11-9-15)16-6-3-2-4-7-16;/h2-4,6-11,19H,5,12-14H2,1H3;1H/p-1. The summed E-state index contributed by atoms with van der Waals surface area (Å²) in [5, 5.41) is 15.8. The third-order valence-electron chi connectivity index (χ3n) is 3.70. The average Bonchev–Trinajstić information content (AvgIpc) is 3.04. The van der Waals surface area contributed by atoms with Crippen LogP contribution in [0.3, 0.4) is 0 Å². The zero-order chi connectivity index (χ0) is 16.6. The lowest BCUT2D eigenvalue weighted by molar-refractivity contribution is -0.00000504. The Morgan fingerprint density at radius 3 is 2.40 bits per heavy atom. The average molecular weight is 375 g/mol. The van der Waals surface area contributed by atoms with E-state index in [1.54, 1.807) is 16.4 Å². The smallest absolute Gasteiger partial charge is 0.209 e. The van der Waals surface area contributed by atoms with Crippen molar-refractivity contribution in [2.75, 3.05) is 12.3 Å². The molecule has 0 atom stereocenters. The van der Waals surface area contributed by atoms with Crippen molar-refractivity contribution in [3.05, 3.63) is 60.2 Å². The second-order valence-corrected chi connectivity index (χ2v) is 6.59. The molecular weight excluding hydrogens is 354 g/mol. The summed E-state index contributed by atoms with van der Waals surface area (Å²) in [6, 6.07) is 19.2. The number of hydrogen-bond acceptors (Lipinski definition) is 5. The number of hydrogen-bond donors (Lipinski definition) is 1. The molecule has 25 heavy (non-hydrogen) atoms. The third kappa shape index (κ3) is 5.85. The van der Waals surface area contributed by atoms with Crippen LogP contribution in [0.2, 0.25) is 0 Å². The summed E-state index contributed by atoms with van der Waals surface area (Å²) in [6.07, 6.45) is 1.08. The van der Waals surface area contributed by atoms with Crippen molar-refractivity contribution in [1.29, 1.82) is 0 Å². The first kappa shape index (κ1) is 19.4.